The van der Waals surface area contributed by atoms with Crippen LogP contribution in [0.4, 0.5) is 0 Å². The minimum atomic E-state index is -0.0926. The molecule has 10 heavy (non-hydrogen) atoms. The lowest BCUT2D eigenvalue weighted by Crippen LogP contribution is -2.21. The van der Waals surface area contributed by atoms with Crippen LogP contribution in [0.1, 0.15) is 40.5 Å². The van der Waals surface area contributed by atoms with E-state index in [9.17, 15) is 5.11 Å². The van der Waals surface area contributed by atoms with Crippen LogP contribution in [-0.4, -0.2) is 11.2 Å². The monoisotopic (exact) mass is 144 g/mol. The summed E-state index contributed by atoms with van der Waals surface area (Å²) in [4.78, 5) is 0. The Bertz CT molecular complexity index is 78.8. The molecule has 0 saturated carbocycles. The quantitative estimate of drug-likeness (QED) is 0.642. The van der Waals surface area contributed by atoms with Crippen molar-refractivity contribution in [3.63, 3.8) is 0 Å². The molecule has 0 saturated heterocycles. The summed E-state index contributed by atoms with van der Waals surface area (Å²) in [7, 11) is 0. The van der Waals surface area contributed by atoms with Crippen LogP contribution in [0.5, 0.6) is 0 Å². The second kappa shape index (κ2) is 4.73. The van der Waals surface area contributed by atoms with Gasteiger partial charge in [0.15, 0.2) is 0 Å². The maximum atomic E-state index is 9.49. The van der Waals surface area contributed by atoms with Crippen molar-refractivity contribution in [3.05, 3.63) is 0 Å². The first-order valence-electron chi connectivity index (χ1n) is 4.27. The SMILES string of the molecule is CCC[C@@H](O)[C@@H](C)C(C)C. The highest BCUT2D eigenvalue weighted by Crippen LogP contribution is 2.17. The maximum absolute atomic E-state index is 9.49. The van der Waals surface area contributed by atoms with E-state index in [1.165, 1.54) is 0 Å². The van der Waals surface area contributed by atoms with E-state index in [0.717, 1.165) is 12.8 Å². The standard InChI is InChI=1S/C9H20O/c1-5-6-9(10)8(4)7(2)3/h7-10H,5-6H2,1-4H3/t8-,9+/m0/s1. The van der Waals surface area contributed by atoms with E-state index in [4.69, 9.17) is 0 Å². The van der Waals surface area contributed by atoms with Crippen molar-refractivity contribution < 1.29 is 5.11 Å². The van der Waals surface area contributed by atoms with Crippen molar-refractivity contribution in [1.29, 1.82) is 0 Å². The third-order valence-electron chi connectivity index (χ3n) is 2.24. The molecule has 0 aliphatic rings. The van der Waals surface area contributed by atoms with Gasteiger partial charge in [0.1, 0.15) is 0 Å². The Labute approximate surface area is 64.5 Å². The summed E-state index contributed by atoms with van der Waals surface area (Å²) in [5.41, 5.74) is 0. The molecule has 0 bridgehead atoms. The summed E-state index contributed by atoms with van der Waals surface area (Å²) in [6.07, 6.45) is 1.93. The molecule has 0 aromatic heterocycles. The van der Waals surface area contributed by atoms with Crippen LogP contribution >= 0.6 is 0 Å². The van der Waals surface area contributed by atoms with E-state index in [1.54, 1.807) is 0 Å². The van der Waals surface area contributed by atoms with Crippen molar-refractivity contribution in [2.24, 2.45) is 11.8 Å². The lowest BCUT2D eigenvalue weighted by molar-refractivity contribution is 0.0832. The Kier molecular flexibility index (Phi) is 4.71. The van der Waals surface area contributed by atoms with E-state index in [1.807, 2.05) is 0 Å². The zero-order chi connectivity index (χ0) is 8.15. The third kappa shape index (κ3) is 3.21. The predicted molar refractivity (Wildman–Crippen MR) is 44.9 cm³/mol. The highest BCUT2D eigenvalue weighted by molar-refractivity contribution is 4.66. The second-order valence-electron chi connectivity index (χ2n) is 3.46. The largest absolute Gasteiger partial charge is 0.393 e. The lowest BCUT2D eigenvalue weighted by Gasteiger charge is -2.21. The van der Waals surface area contributed by atoms with E-state index in [2.05, 4.69) is 27.7 Å². The van der Waals surface area contributed by atoms with Crippen LogP contribution in [0.2, 0.25) is 0 Å². The number of hydrogen-bond acceptors (Lipinski definition) is 1. The number of aliphatic hydroxyl groups excluding tert-OH is 1. The number of hydrogen-bond donors (Lipinski definition) is 1. The normalized spacial score (nSPS) is 17.4. The second-order valence-corrected chi connectivity index (χ2v) is 3.46. The summed E-state index contributed by atoms with van der Waals surface area (Å²) < 4.78 is 0. The molecule has 0 aromatic rings. The minimum Gasteiger partial charge on any atom is -0.393 e. The van der Waals surface area contributed by atoms with E-state index < -0.39 is 0 Å². The summed E-state index contributed by atoms with van der Waals surface area (Å²) in [6.45, 7) is 8.54. The van der Waals surface area contributed by atoms with Gasteiger partial charge in [-0.15, -0.1) is 0 Å². The Morgan fingerprint density at radius 2 is 1.70 bits per heavy atom. The average molecular weight is 144 g/mol. The van der Waals surface area contributed by atoms with Gasteiger partial charge in [0.2, 0.25) is 0 Å². The van der Waals surface area contributed by atoms with Crippen molar-refractivity contribution in [1.82, 2.24) is 0 Å². The first-order chi connectivity index (χ1) is 4.59. The zero-order valence-electron chi connectivity index (χ0n) is 7.59. The fourth-order valence-electron chi connectivity index (χ4n) is 1.00. The number of rotatable bonds is 4. The Morgan fingerprint density at radius 1 is 1.20 bits per heavy atom. The van der Waals surface area contributed by atoms with Gasteiger partial charge in [0.05, 0.1) is 6.10 Å². The molecular weight excluding hydrogens is 124 g/mol. The molecule has 0 fully saturated rings. The van der Waals surface area contributed by atoms with Gasteiger partial charge in [-0.3, -0.25) is 0 Å². The van der Waals surface area contributed by atoms with Gasteiger partial charge in [-0.25, -0.2) is 0 Å². The van der Waals surface area contributed by atoms with E-state index >= 15 is 0 Å². The maximum Gasteiger partial charge on any atom is 0.0568 e. The Morgan fingerprint density at radius 3 is 2.00 bits per heavy atom. The molecule has 0 aliphatic heterocycles. The van der Waals surface area contributed by atoms with Gasteiger partial charge in [-0.2, -0.15) is 0 Å². The van der Waals surface area contributed by atoms with Crippen LogP contribution in [-0.2, 0) is 0 Å². The first-order valence-corrected chi connectivity index (χ1v) is 4.27. The molecular formula is C9H20O. The van der Waals surface area contributed by atoms with Crippen LogP contribution < -0.4 is 0 Å². The predicted octanol–water partition coefficient (Wildman–Crippen LogP) is 2.44. The highest BCUT2D eigenvalue weighted by atomic mass is 16.3. The third-order valence-corrected chi connectivity index (χ3v) is 2.24. The van der Waals surface area contributed by atoms with Crippen molar-refractivity contribution in [3.8, 4) is 0 Å². The smallest absolute Gasteiger partial charge is 0.0568 e. The molecule has 1 N–H and O–H groups in total. The molecule has 62 valence electrons. The first kappa shape index (κ1) is 9.96. The highest BCUT2D eigenvalue weighted by Gasteiger charge is 2.15. The molecule has 2 atom stereocenters. The van der Waals surface area contributed by atoms with E-state index in [0.29, 0.717) is 11.8 Å². The minimum absolute atomic E-state index is 0.0926. The van der Waals surface area contributed by atoms with Gasteiger partial charge in [-0.05, 0) is 18.3 Å². The lowest BCUT2D eigenvalue weighted by atomic mass is 9.90. The van der Waals surface area contributed by atoms with Gasteiger partial charge < -0.3 is 5.11 Å². The van der Waals surface area contributed by atoms with Gasteiger partial charge in [-0.1, -0.05) is 34.1 Å². The van der Waals surface area contributed by atoms with E-state index in [-0.39, 0.29) is 6.10 Å². The molecule has 1 nitrogen and oxygen atoms in total. The van der Waals surface area contributed by atoms with Crippen LogP contribution in [0.3, 0.4) is 0 Å². The molecule has 0 spiro atoms. The van der Waals surface area contributed by atoms with Crippen LogP contribution in [0.25, 0.3) is 0 Å². The molecule has 0 aromatic carbocycles. The molecule has 0 heterocycles. The zero-order valence-corrected chi connectivity index (χ0v) is 7.59. The Balaban J connectivity index is 3.58. The summed E-state index contributed by atoms with van der Waals surface area (Å²) >= 11 is 0. The summed E-state index contributed by atoms with van der Waals surface area (Å²) in [5, 5.41) is 9.49. The van der Waals surface area contributed by atoms with Crippen molar-refractivity contribution in [2.45, 2.75) is 46.6 Å². The number of aliphatic hydroxyl groups is 1. The van der Waals surface area contributed by atoms with Crippen molar-refractivity contribution >= 4 is 0 Å². The Hall–Kier alpha value is -0.0400. The molecule has 0 amide bonds. The molecule has 1 heteroatoms. The molecule has 0 unspecified atom stereocenters. The van der Waals surface area contributed by atoms with Crippen LogP contribution in [0.15, 0.2) is 0 Å². The topological polar surface area (TPSA) is 20.2 Å². The molecule has 0 radical (unpaired) electrons. The average Bonchev–Trinajstić information content (AvgIpc) is 1.87. The van der Waals surface area contributed by atoms with Gasteiger partial charge in [0.25, 0.3) is 0 Å². The van der Waals surface area contributed by atoms with Gasteiger partial charge in [0, 0.05) is 0 Å². The fourth-order valence-corrected chi connectivity index (χ4v) is 1.00. The van der Waals surface area contributed by atoms with Crippen molar-refractivity contribution in [2.75, 3.05) is 0 Å². The van der Waals surface area contributed by atoms with Gasteiger partial charge >= 0.3 is 0 Å². The fraction of sp³-hybridized carbons (Fsp3) is 1.00. The van der Waals surface area contributed by atoms with Crippen LogP contribution in [0, 0.1) is 11.8 Å². The molecule has 0 aliphatic carbocycles. The summed E-state index contributed by atoms with van der Waals surface area (Å²) in [5.74, 6) is 1.04. The molecule has 0 rings (SSSR count). The summed E-state index contributed by atoms with van der Waals surface area (Å²) in [6, 6.07) is 0.